The van der Waals surface area contributed by atoms with Gasteiger partial charge in [0.05, 0.1) is 10.9 Å². The Morgan fingerprint density at radius 3 is 2.67 bits per heavy atom. The quantitative estimate of drug-likeness (QED) is 0.280. The molecule has 2 aromatic heterocycles. The zero-order valence-corrected chi connectivity index (χ0v) is 25.6. The number of ether oxygens (including phenoxy) is 1. The molecule has 2 unspecified atom stereocenters. The van der Waals surface area contributed by atoms with Crippen LogP contribution in [0.5, 0.6) is 11.8 Å². The number of anilines is 1. The third-order valence-corrected chi connectivity index (χ3v) is 10.4. The molecular formula is C35H35F3N6O2. The van der Waals surface area contributed by atoms with E-state index in [1.807, 2.05) is 6.92 Å². The van der Waals surface area contributed by atoms with Crippen LogP contribution in [0, 0.1) is 24.0 Å². The highest BCUT2D eigenvalue weighted by atomic mass is 19.1. The molecule has 6 heterocycles. The van der Waals surface area contributed by atoms with Crippen molar-refractivity contribution in [3.8, 4) is 35.4 Å². The molecule has 4 aliphatic rings. The van der Waals surface area contributed by atoms with Gasteiger partial charge in [0.25, 0.3) is 0 Å². The number of hydrogen-bond donors (Lipinski definition) is 2. The summed E-state index contributed by atoms with van der Waals surface area (Å²) in [7, 11) is 0. The Balaban J connectivity index is 1.32. The number of alkyl halides is 1. The molecule has 4 atom stereocenters. The van der Waals surface area contributed by atoms with Crippen molar-refractivity contribution in [2.75, 3.05) is 37.7 Å². The van der Waals surface area contributed by atoms with Crippen LogP contribution in [0.15, 0.2) is 24.3 Å². The number of aromatic hydroxyl groups is 1. The number of rotatable bonds is 6. The Hall–Kier alpha value is -4.14. The molecule has 238 valence electrons. The van der Waals surface area contributed by atoms with Gasteiger partial charge in [-0.2, -0.15) is 9.97 Å². The number of halogens is 3. The van der Waals surface area contributed by atoms with Crippen molar-refractivity contribution in [1.82, 2.24) is 25.2 Å². The third kappa shape index (κ3) is 4.64. The number of nitrogens with zero attached hydrogens (tertiary/aromatic N) is 5. The SMILES string of the molecule is C#Cc1nc(-c2cc(O)cc3ccc(F)c(CC)c23)c(F)c2nc(OC[C@@]34CCCN3C[C@H](F)C4)nc(N3CC4CCC(C3)N4)c12. The summed E-state index contributed by atoms with van der Waals surface area (Å²) in [5.74, 6) is 1.75. The molecule has 4 fully saturated rings. The highest BCUT2D eigenvalue weighted by Crippen LogP contribution is 2.42. The maximum absolute atomic E-state index is 17.0. The molecule has 0 amide bonds. The lowest BCUT2D eigenvalue weighted by molar-refractivity contribution is 0.107. The maximum Gasteiger partial charge on any atom is 0.319 e. The Bertz CT molecular complexity index is 1920. The van der Waals surface area contributed by atoms with Gasteiger partial charge in [0.2, 0.25) is 0 Å². The van der Waals surface area contributed by atoms with E-state index in [9.17, 15) is 9.50 Å². The standard InChI is InChI=1S/C35H35F3N6O2/c1-3-24-26(37)9-6-19-12-23(45)13-25(28(19)24)31-30(38)32-29(27(4-2)40-31)33(43-16-21-7-8-22(17-43)39-21)42-34(41-32)46-18-35-10-5-11-44(35)15-20(36)14-35/h2,6,9,12-13,20-22,39,45H,3,5,7-8,10-11,14-18H2,1H3/t20-,21?,22?,35+/m1/s1. The second kappa shape index (κ2) is 11.0. The van der Waals surface area contributed by atoms with Gasteiger partial charge in [0.1, 0.15) is 47.1 Å². The number of aryl methyl sites for hydroxylation is 1. The molecule has 0 aliphatic carbocycles. The largest absolute Gasteiger partial charge is 0.508 e. The molecule has 2 aromatic carbocycles. The number of benzene rings is 2. The number of nitrogens with one attached hydrogen (secondary N) is 1. The van der Waals surface area contributed by atoms with E-state index in [4.69, 9.17) is 16.1 Å². The van der Waals surface area contributed by atoms with E-state index in [2.05, 4.69) is 31.0 Å². The van der Waals surface area contributed by atoms with Crippen LogP contribution in [-0.4, -0.2) is 81.5 Å². The fraction of sp³-hybridized carbons (Fsp3) is 0.457. The number of fused-ring (bicyclic) bond motifs is 5. The molecule has 46 heavy (non-hydrogen) atoms. The average molecular weight is 629 g/mol. The number of aromatic nitrogens is 3. The number of piperazine rings is 1. The zero-order chi connectivity index (χ0) is 31.7. The molecule has 4 aromatic rings. The highest BCUT2D eigenvalue weighted by molar-refractivity contribution is 6.03. The van der Waals surface area contributed by atoms with Crippen molar-refractivity contribution in [3.05, 3.63) is 47.2 Å². The molecule has 0 saturated carbocycles. The predicted octanol–water partition coefficient (Wildman–Crippen LogP) is 5.27. The van der Waals surface area contributed by atoms with Crippen LogP contribution in [0.4, 0.5) is 19.0 Å². The molecule has 0 spiro atoms. The number of phenolic OH excluding ortho intramolecular Hbond substituents is 1. The minimum Gasteiger partial charge on any atom is -0.508 e. The van der Waals surface area contributed by atoms with Gasteiger partial charge in [-0.25, -0.2) is 18.2 Å². The molecule has 0 radical (unpaired) electrons. The van der Waals surface area contributed by atoms with Crippen LogP contribution in [0.2, 0.25) is 0 Å². The second-order valence-corrected chi connectivity index (χ2v) is 13.2. The number of pyridine rings is 1. The van der Waals surface area contributed by atoms with Crippen molar-refractivity contribution in [3.63, 3.8) is 0 Å². The van der Waals surface area contributed by atoms with Crippen molar-refractivity contribution in [2.45, 2.75) is 69.2 Å². The number of terminal acetylenes is 1. The molecule has 8 nitrogen and oxygen atoms in total. The smallest absolute Gasteiger partial charge is 0.319 e. The lowest BCUT2D eigenvalue weighted by Crippen LogP contribution is -2.51. The van der Waals surface area contributed by atoms with Gasteiger partial charge in [-0.3, -0.25) is 4.90 Å². The fourth-order valence-corrected chi connectivity index (χ4v) is 8.36. The Morgan fingerprint density at radius 2 is 1.91 bits per heavy atom. The molecule has 2 N–H and O–H groups in total. The first-order valence-corrected chi connectivity index (χ1v) is 16.1. The van der Waals surface area contributed by atoms with E-state index >= 15 is 8.78 Å². The normalized spacial score (nSPS) is 25.8. The van der Waals surface area contributed by atoms with E-state index < -0.39 is 23.3 Å². The monoisotopic (exact) mass is 628 g/mol. The Labute approximate surface area is 265 Å². The van der Waals surface area contributed by atoms with E-state index in [0.717, 1.165) is 32.2 Å². The summed E-state index contributed by atoms with van der Waals surface area (Å²) < 4.78 is 52.8. The van der Waals surface area contributed by atoms with Crippen LogP contribution in [0.3, 0.4) is 0 Å². The summed E-state index contributed by atoms with van der Waals surface area (Å²) in [6.45, 7) is 4.48. The summed E-state index contributed by atoms with van der Waals surface area (Å²) in [5.41, 5.74) is 0.0772. The topological polar surface area (TPSA) is 86.6 Å². The van der Waals surface area contributed by atoms with Crippen molar-refractivity contribution in [2.24, 2.45) is 0 Å². The zero-order valence-electron chi connectivity index (χ0n) is 25.6. The highest BCUT2D eigenvalue weighted by Gasteiger charge is 2.49. The van der Waals surface area contributed by atoms with E-state index in [-0.39, 0.29) is 52.9 Å². The molecule has 2 bridgehead atoms. The summed E-state index contributed by atoms with van der Waals surface area (Å²) in [4.78, 5) is 18.3. The summed E-state index contributed by atoms with van der Waals surface area (Å²) in [6, 6.07) is 6.28. The molecule has 4 saturated heterocycles. The van der Waals surface area contributed by atoms with Crippen LogP contribution < -0.4 is 15.0 Å². The van der Waals surface area contributed by atoms with Crippen LogP contribution in [0.25, 0.3) is 32.9 Å². The lowest BCUT2D eigenvalue weighted by atomic mass is 9.94. The summed E-state index contributed by atoms with van der Waals surface area (Å²) in [6.07, 6.45) is 9.65. The molecule has 11 heteroatoms. The van der Waals surface area contributed by atoms with Crippen molar-refractivity contribution < 1.29 is 23.0 Å². The van der Waals surface area contributed by atoms with Gasteiger partial charge >= 0.3 is 6.01 Å². The first-order chi connectivity index (χ1) is 22.3. The van der Waals surface area contributed by atoms with Crippen molar-refractivity contribution in [1.29, 1.82) is 0 Å². The van der Waals surface area contributed by atoms with Gasteiger partial charge in [0, 0.05) is 43.7 Å². The fourth-order valence-electron chi connectivity index (χ4n) is 8.36. The van der Waals surface area contributed by atoms with Crippen molar-refractivity contribution >= 4 is 27.5 Å². The van der Waals surface area contributed by atoms with Gasteiger partial charge in [-0.1, -0.05) is 13.0 Å². The first-order valence-electron chi connectivity index (χ1n) is 16.1. The summed E-state index contributed by atoms with van der Waals surface area (Å²) in [5, 5.41) is 15.5. The van der Waals surface area contributed by atoms with Gasteiger partial charge in [-0.05, 0) is 79.1 Å². The Morgan fingerprint density at radius 1 is 1.11 bits per heavy atom. The Kier molecular flexibility index (Phi) is 6.99. The molecule has 4 aliphatic heterocycles. The third-order valence-electron chi connectivity index (χ3n) is 10.4. The maximum atomic E-state index is 17.0. The minimum atomic E-state index is -0.924. The second-order valence-electron chi connectivity index (χ2n) is 13.2. The van der Waals surface area contributed by atoms with E-state index in [1.54, 1.807) is 6.07 Å². The number of phenols is 1. The van der Waals surface area contributed by atoms with Crippen LogP contribution in [-0.2, 0) is 6.42 Å². The molecule has 8 rings (SSSR count). The lowest BCUT2D eigenvalue weighted by Gasteiger charge is -2.35. The predicted molar refractivity (Wildman–Crippen MR) is 170 cm³/mol. The van der Waals surface area contributed by atoms with E-state index in [1.165, 1.54) is 18.2 Å². The van der Waals surface area contributed by atoms with Gasteiger partial charge in [0.15, 0.2) is 5.82 Å². The van der Waals surface area contributed by atoms with Gasteiger partial charge in [-0.15, -0.1) is 6.42 Å². The van der Waals surface area contributed by atoms with E-state index in [0.29, 0.717) is 60.0 Å². The minimum absolute atomic E-state index is 0.0167. The van der Waals surface area contributed by atoms with Crippen LogP contribution in [0.1, 0.15) is 50.3 Å². The van der Waals surface area contributed by atoms with Crippen LogP contribution >= 0.6 is 0 Å². The number of hydrogen-bond acceptors (Lipinski definition) is 8. The molecular weight excluding hydrogens is 593 g/mol. The van der Waals surface area contributed by atoms with Gasteiger partial charge < -0.3 is 20.1 Å². The summed E-state index contributed by atoms with van der Waals surface area (Å²) >= 11 is 0. The average Bonchev–Trinajstić information content (AvgIpc) is 3.70. The first kappa shape index (κ1) is 29.3.